The van der Waals surface area contributed by atoms with E-state index in [-0.39, 0.29) is 25.0 Å². The quantitative estimate of drug-likeness (QED) is 0.422. The molecule has 2 aromatic carbocycles. The van der Waals surface area contributed by atoms with Gasteiger partial charge in [0.1, 0.15) is 12.4 Å². The third-order valence-electron chi connectivity index (χ3n) is 5.63. The summed E-state index contributed by atoms with van der Waals surface area (Å²) in [5, 5.41) is 20.6. The van der Waals surface area contributed by atoms with Crippen molar-refractivity contribution in [3.8, 4) is 17.3 Å². The number of carbonyl (C=O) groups is 2. The van der Waals surface area contributed by atoms with Crippen molar-refractivity contribution in [3.63, 3.8) is 0 Å². The number of aliphatic hydroxyl groups excluding tert-OH is 1. The van der Waals surface area contributed by atoms with Gasteiger partial charge in [0.2, 0.25) is 0 Å². The molecule has 0 unspecified atom stereocenters. The zero-order valence-corrected chi connectivity index (χ0v) is 20.7. The van der Waals surface area contributed by atoms with Gasteiger partial charge in [-0.2, -0.15) is 5.26 Å². The Morgan fingerprint density at radius 1 is 1.11 bits per heavy atom. The van der Waals surface area contributed by atoms with Gasteiger partial charge >= 0.3 is 0 Å². The number of aromatic nitrogens is 2. The first-order chi connectivity index (χ1) is 17.4. The number of likely N-dealkylation sites (N-methyl/N-ethyl adjacent to an activating group) is 1. The monoisotopic (exact) mass is 486 g/mol. The molecule has 2 amide bonds. The second kappa shape index (κ2) is 12.4. The van der Waals surface area contributed by atoms with Crippen LogP contribution in [0, 0.1) is 11.3 Å². The molecule has 1 aromatic heterocycles. The molecular formula is C27H30N6O3. The smallest absolute Gasteiger partial charge is 0.255 e. The largest absolute Gasteiger partial charge is 0.395 e. The lowest BCUT2D eigenvalue weighted by Gasteiger charge is -2.26. The fraction of sp³-hybridized carbons (Fsp3) is 0.296. The Morgan fingerprint density at radius 2 is 1.86 bits per heavy atom. The first-order valence-electron chi connectivity index (χ1n) is 11.7. The number of carbonyl (C=O) groups excluding carboxylic acids is 2. The second-order valence-corrected chi connectivity index (χ2v) is 8.31. The molecule has 3 aromatic rings. The number of benzene rings is 2. The molecule has 9 nitrogen and oxygen atoms in total. The standard InChI is InChI=1S/C27H30N6O3/c1-4-33(15-16-34)24-10-5-19(17-22(24)27(36)32(2)3)18-25-29-13-11-23(31-25)20-6-8-21(9-7-20)26(35)30-14-12-28/h5-11,13,17,34H,4,14-16,18H2,1-3H3,(H,30,35). The van der Waals surface area contributed by atoms with E-state index in [4.69, 9.17) is 5.26 Å². The first kappa shape index (κ1) is 26.3. The van der Waals surface area contributed by atoms with Crippen molar-refractivity contribution < 1.29 is 14.7 Å². The molecule has 0 fully saturated rings. The van der Waals surface area contributed by atoms with Crippen LogP contribution in [0.5, 0.6) is 0 Å². The molecule has 0 radical (unpaired) electrons. The average Bonchev–Trinajstić information content (AvgIpc) is 2.90. The van der Waals surface area contributed by atoms with Gasteiger partial charge in [0.15, 0.2) is 0 Å². The number of amides is 2. The molecule has 2 N–H and O–H groups in total. The van der Waals surface area contributed by atoms with Crippen LogP contribution in [-0.4, -0.2) is 72.1 Å². The molecule has 0 atom stereocenters. The summed E-state index contributed by atoms with van der Waals surface area (Å²) < 4.78 is 0. The Bertz CT molecular complexity index is 1250. The minimum absolute atomic E-state index is 0.00264. The van der Waals surface area contributed by atoms with Gasteiger partial charge in [-0.3, -0.25) is 9.59 Å². The van der Waals surface area contributed by atoms with E-state index in [0.717, 1.165) is 16.8 Å². The van der Waals surface area contributed by atoms with Gasteiger partial charge in [-0.1, -0.05) is 18.2 Å². The highest BCUT2D eigenvalue weighted by molar-refractivity contribution is 5.99. The Hall–Kier alpha value is -4.29. The van der Waals surface area contributed by atoms with E-state index in [0.29, 0.717) is 42.2 Å². The maximum atomic E-state index is 12.9. The Balaban J connectivity index is 1.86. The zero-order valence-electron chi connectivity index (χ0n) is 20.7. The lowest BCUT2D eigenvalue weighted by atomic mass is 10.0. The number of nitrogens with one attached hydrogen (secondary N) is 1. The fourth-order valence-corrected chi connectivity index (χ4v) is 3.79. The molecule has 0 spiro atoms. The van der Waals surface area contributed by atoms with Crippen LogP contribution in [0.4, 0.5) is 5.69 Å². The maximum absolute atomic E-state index is 12.9. The predicted octanol–water partition coefficient (Wildman–Crippen LogP) is 2.51. The molecule has 0 aliphatic carbocycles. The van der Waals surface area contributed by atoms with E-state index in [2.05, 4.69) is 15.3 Å². The molecule has 9 heteroatoms. The molecule has 1 heterocycles. The lowest BCUT2D eigenvalue weighted by molar-refractivity contribution is 0.0827. The van der Waals surface area contributed by atoms with Crippen LogP contribution in [-0.2, 0) is 6.42 Å². The van der Waals surface area contributed by atoms with Gasteiger partial charge in [-0.05, 0) is 42.8 Å². The van der Waals surface area contributed by atoms with Gasteiger partial charge in [0.25, 0.3) is 11.8 Å². The van der Waals surface area contributed by atoms with Crippen molar-refractivity contribution in [2.45, 2.75) is 13.3 Å². The lowest BCUT2D eigenvalue weighted by Crippen LogP contribution is -2.30. The third kappa shape index (κ3) is 6.43. The molecule has 186 valence electrons. The maximum Gasteiger partial charge on any atom is 0.255 e. The van der Waals surface area contributed by atoms with Gasteiger partial charge in [0, 0.05) is 56.6 Å². The number of nitriles is 1. The highest BCUT2D eigenvalue weighted by Crippen LogP contribution is 2.25. The molecule has 0 aliphatic heterocycles. The second-order valence-electron chi connectivity index (χ2n) is 8.31. The third-order valence-corrected chi connectivity index (χ3v) is 5.63. The number of rotatable bonds is 10. The number of nitrogens with zero attached hydrogens (tertiary/aromatic N) is 5. The summed E-state index contributed by atoms with van der Waals surface area (Å²) in [5.74, 6) is 0.178. The normalized spacial score (nSPS) is 10.4. The van der Waals surface area contributed by atoms with Crippen LogP contribution in [0.2, 0.25) is 0 Å². The Labute approximate surface area is 211 Å². The van der Waals surface area contributed by atoms with Gasteiger partial charge in [-0.25, -0.2) is 9.97 Å². The topological polar surface area (TPSA) is 122 Å². The zero-order chi connectivity index (χ0) is 26.1. The number of aliphatic hydroxyl groups is 1. The van der Waals surface area contributed by atoms with Crippen molar-refractivity contribution in [3.05, 3.63) is 77.2 Å². The molecular weight excluding hydrogens is 456 g/mol. The van der Waals surface area contributed by atoms with Gasteiger partial charge in [0.05, 0.1) is 23.9 Å². The van der Waals surface area contributed by atoms with Crippen LogP contribution in [0.15, 0.2) is 54.7 Å². The number of hydrogen-bond donors (Lipinski definition) is 2. The Morgan fingerprint density at radius 3 is 2.50 bits per heavy atom. The van der Waals surface area contributed by atoms with Gasteiger partial charge < -0.3 is 20.2 Å². The molecule has 0 saturated heterocycles. The van der Waals surface area contributed by atoms with Crippen LogP contribution < -0.4 is 10.2 Å². The van der Waals surface area contributed by atoms with Crippen molar-refractivity contribution in [1.82, 2.24) is 20.2 Å². The van der Waals surface area contributed by atoms with Crippen LogP contribution in [0.25, 0.3) is 11.3 Å². The summed E-state index contributed by atoms with van der Waals surface area (Å²) >= 11 is 0. The molecule has 36 heavy (non-hydrogen) atoms. The van der Waals surface area contributed by atoms with Crippen LogP contribution in [0.3, 0.4) is 0 Å². The fourth-order valence-electron chi connectivity index (χ4n) is 3.79. The molecule has 0 aliphatic rings. The van der Waals surface area contributed by atoms with E-state index in [1.54, 1.807) is 50.6 Å². The first-order valence-corrected chi connectivity index (χ1v) is 11.7. The van der Waals surface area contributed by atoms with E-state index in [1.165, 1.54) is 4.90 Å². The predicted molar refractivity (Wildman–Crippen MR) is 138 cm³/mol. The average molecular weight is 487 g/mol. The molecule has 3 rings (SSSR count). The highest BCUT2D eigenvalue weighted by Gasteiger charge is 2.18. The summed E-state index contributed by atoms with van der Waals surface area (Å²) in [4.78, 5) is 37.5. The number of anilines is 1. The SMILES string of the molecule is CCN(CCO)c1ccc(Cc2nccc(-c3ccc(C(=O)NCC#N)cc3)n2)cc1C(=O)N(C)C. The summed E-state index contributed by atoms with van der Waals surface area (Å²) in [7, 11) is 3.43. The van der Waals surface area contributed by atoms with Crippen LogP contribution >= 0.6 is 0 Å². The molecule has 0 bridgehead atoms. The highest BCUT2D eigenvalue weighted by atomic mass is 16.3. The molecule has 0 saturated carbocycles. The number of hydrogen-bond acceptors (Lipinski definition) is 7. The van der Waals surface area contributed by atoms with E-state index < -0.39 is 0 Å². The summed E-state index contributed by atoms with van der Waals surface area (Å²) in [6.07, 6.45) is 2.12. The Kier molecular flexibility index (Phi) is 9.08. The van der Waals surface area contributed by atoms with E-state index in [9.17, 15) is 14.7 Å². The van der Waals surface area contributed by atoms with Crippen molar-refractivity contribution >= 4 is 17.5 Å². The van der Waals surface area contributed by atoms with Crippen molar-refractivity contribution in [1.29, 1.82) is 5.26 Å². The van der Waals surface area contributed by atoms with Crippen molar-refractivity contribution in [2.75, 3.05) is 45.2 Å². The van der Waals surface area contributed by atoms with Gasteiger partial charge in [-0.15, -0.1) is 0 Å². The van der Waals surface area contributed by atoms with E-state index in [1.807, 2.05) is 36.1 Å². The minimum Gasteiger partial charge on any atom is -0.395 e. The summed E-state index contributed by atoms with van der Waals surface area (Å²) in [6, 6.07) is 16.4. The summed E-state index contributed by atoms with van der Waals surface area (Å²) in [5.41, 5.74) is 4.24. The summed E-state index contributed by atoms with van der Waals surface area (Å²) in [6.45, 7) is 3.04. The minimum atomic E-state index is -0.307. The van der Waals surface area contributed by atoms with Crippen molar-refractivity contribution in [2.24, 2.45) is 0 Å². The van der Waals surface area contributed by atoms with E-state index >= 15 is 0 Å². The van der Waals surface area contributed by atoms with Crippen LogP contribution in [0.1, 0.15) is 39.0 Å².